The Morgan fingerprint density at radius 3 is 2.77 bits per heavy atom. The minimum absolute atomic E-state index is 0.208. The summed E-state index contributed by atoms with van der Waals surface area (Å²) >= 11 is 0. The number of carbonyl (C=O) groups excluding carboxylic acids is 1. The number of hydrogen-bond acceptors (Lipinski definition) is 4. The van der Waals surface area contributed by atoms with Crippen LogP contribution in [-0.4, -0.2) is 30.1 Å². The van der Waals surface area contributed by atoms with Crippen LogP contribution < -0.4 is 5.32 Å². The maximum Gasteiger partial charge on any atom is 0.274 e. The first kappa shape index (κ1) is 18.1. The highest BCUT2D eigenvalue weighted by atomic mass is 16.1. The molecule has 5 rings (SSSR count). The summed E-state index contributed by atoms with van der Waals surface area (Å²) in [6, 6.07) is 17.4. The summed E-state index contributed by atoms with van der Waals surface area (Å²) in [6.45, 7) is 2.64. The fourth-order valence-electron chi connectivity index (χ4n) is 3.71. The second-order valence-corrected chi connectivity index (χ2v) is 7.01. The van der Waals surface area contributed by atoms with E-state index in [9.17, 15) is 4.79 Å². The summed E-state index contributed by atoms with van der Waals surface area (Å²) in [5.41, 5.74) is 4.81. The number of benzene rings is 1. The predicted octanol–water partition coefficient (Wildman–Crippen LogP) is 3.94. The van der Waals surface area contributed by atoms with Crippen molar-refractivity contribution < 1.29 is 4.79 Å². The zero-order chi connectivity index (χ0) is 20.5. The smallest absolute Gasteiger partial charge is 0.274 e. The molecule has 0 saturated carbocycles. The molecule has 148 valence electrons. The molecule has 0 spiro atoms. The van der Waals surface area contributed by atoms with Gasteiger partial charge in [-0.05, 0) is 42.8 Å². The number of imidazole rings is 1. The molecule has 0 aliphatic carbocycles. The molecule has 4 heterocycles. The molecule has 1 N–H and O–H groups in total. The van der Waals surface area contributed by atoms with Crippen LogP contribution in [0.1, 0.15) is 28.8 Å². The van der Waals surface area contributed by atoms with Crippen molar-refractivity contribution in [3.8, 4) is 0 Å². The van der Waals surface area contributed by atoms with Crippen LogP contribution in [0.25, 0.3) is 16.6 Å². The van der Waals surface area contributed by atoms with Gasteiger partial charge in [0.15, 0.2) is 0 Å². The van der Waals surface area contributed by atoms with Crippen molar-refractivity contribution in [1.29, 1.82) is 0 Å². The molecular formula is C23H20N6O. The second-order valence-electron chi connectivity index (χ2n) is 7.01. The Morgan fingerprint density at radius 2 is 1.93 bits per heavy atom. The van der Waals surface area contributed by atoms with Crippen LogP contribution >= 0.6 is 0 Å². The number of rotatable bonds is 5. The number of aryl methyl sites for hydroxylation is 1. The van der Waals surface area contributed by atoms with E-state index in [-0.39, 0.29) is 5.91 Å². The Kier molecular flexibility index (Phi) is 4.48. The van der Waals surface area contributed by atoms with Crippen molar-refractivity contribution in [3.63, 3.8) is 0 Å². The van der Waals surface area contributed by atoms with E-state index in [4.69, 9.17) is 5.10 Å². The van der Waals surface area contributed by atoms with Crippen LogP contribution in [0.15, 0.2) is 73.2 Å². The highest BCUT2D eigenvalue weighted by Gasteiger charge is 2.17. The van der Waals surface area contributed by atoms with E-state index in [0.717, 1.165) is 40.0 Å². The minimum Gasteiger partial charge on any atom is -0.320 e. The highest BCUT2D eigenvalue weighted by Crippen LogP contribution is 2.28. The monoisotopic (exact) mass is 396 g/mol. The first-order valence-corrected chi connectivity index (χ1v) is 9.86. The lowest BCUT2D eigenvalue weighted by Crippen LogP contribution is -2.14. The van der Waals surface area contributed by atoms with Gasteiger partial charge in [0.05, 0.1) is 35.3 Å². The minimum atomic E-state index is -0.208. The number of aromatic nitrogens is 5. The van der Waals surface area contributed by atoms with Crippen LogP contribution in [-0.2, 0) is 13.0 Å². The normalized spacial score (nSPS) is 11.2. The maximum absolute atomic E-state index is 13.0. The van der Waals surface area contributed by atoms with Gasteiger partial charge in [-0.2, -0.15) is 5.10 Å². The first-order valence-electron chi connectivity index (χ1n) is 9.86. The number of nitrogens with zero attached hydrogens (tertiary/aromatic N) is 5. The van der Waals surface area contributed by atoms with Crippen LogP contribution in [0.4, 0.5) is 5.69 Å². The third-order valence-electron chi connectivity index (χ3n) is 5.12. The van der Waals surface area contributed by atoms with Crippen LogP contribution in [0, 0.1) is 0 Å². The lowest BCUT2D eigenvalue weighted by Gasteiger charge is -2.08. The van der Waals surface area contributed by atoms with Gasteiger partial charge in [0.2, 0.25) is 0 Å². The van der Waals surface area contributed by atoms with Crippen molar-refractivity contribution in [3.05, 3.63) is 90.3 Å². The molecule has 5 aromatic rings. The molecule has 4 aromatic heterocycles. The van der Waals surface area contributed by atoms with Gasteiger partial charge < -0.3 is 5.32 Å². The number of nitrogens with one attached hydrogen (secondary N) is 1. The predicted molar refractivity (Wildman–Crippen MR) is 116 cm³/mol. The summed E-state index contributed by atoms with van der Waals surface area (Å²) in [4.78, 5) is 21.7. The van der Waals surface area contributed by atoms with Crippen molar-refractivity contribution >= 4 is 28.1 Å². The largest absolute Gasteiger partial charge is 0.320 e. The third kappa shape index (κ3) is 3.10. The Morgan fingerprint density at radius 1 is 1.03 bits per heavy atom. The molecule has 0 aliphatic heterocycles. The molecule has 0 aliphatic rings. The Bertz CT molecular complexity index is 1350. The molecule has 0 atom stereocenters. The fourth-order valence-corrected chi connectivity index (χ4v) is 3.71. The van der Waals surface area contributed by atoms with Crippen molar-refractivity contribution in [2.24, 2.45) is 0 Å². The van der Waals surface area contributed by atoms with Gasteiger partial charge in [-0.25, -0.2) is 4.98 Å². The lowest BCUT2D eigenvalue weighted by molar-refractivity contribution is 0.102. The van der Waals surface area contributed by atoms with E-state index in [1.54, 1.807) is 16.8 Å². The third-order valence-corrected chi connectivity index (χ3v) is 5.12. The highest BCUT2D eigenvalue weighted by molar-refractivity contribution is 6.08. The molecule has 1 aromatic carbocycles. The average molecular weight is 396 g/mol. The molecule has 0 saturated heterocycles. The van der Waals surface area contributed by atoms with Gasteiger partial charge in [-0.3, -0.25) is 18.9 Å². The molecule has 7 nitrogen and oxygen atoms in total. The number of amides is 1. The van der Waals surface area contributed by atoms with E-state index in [1.165, 1.54) is 0 Å². The van der Waals surface area contributed by atoms with Crippen molar-refractivity contribution in [2.45, 2.75) is 19.9 Å². The topological polar surface area (TPSA) is 77.1 Å². The first-order chi connectivity index (χ1) is 14.7. The molecular weight excluding hydrogens is 376 g/mol. The van der Waals surface area contributed by atoms with E-state index >= 15 is 0 Å². The standard InChI is InChI=1S/C23H20N6O/c1-2-17-22-18(26-23(30)20-14-25-21-11-4-6-13-28(20)21)9-7-10-19(22)29(27-17)15-16-8-3-5-12-24-16/h3-14H,2,15H2,1H3,(H,26,30). The summed E-state index contributed by atoms with van der Waals surface area (Å²) < 4.78 is 3.72. The van der Waals surface area contributed by atoms with Gasteiger partial charge in [0, 0.05) is 17.8 Å². The van der Waals surface area contributed by atoms with E-state index in [0.29, 0.717) is 12.2 Å². The van der Waals surface area contributed by atoms with Crippen LogP contribution in [0.2, 0.25) is 0 Å². The Balaban J connectivity index is 1.54. The number of carbonyl (C=O) groups is 1. The summed E-state index contributed by atoms with van der Waals surface area (Å²) in [5.74, 6) is -0.208. The van der Waals surface area contributed by atoms with Gasteiger partial charge >= 0.3 is 0 Å². The van der Waals surface area contributed by atoms with Crippen molar-refractivity contribution in [2.75, 3.05) is 5.32 Å². The summed E-state index contributed by atoms with van der Waals surface area (Å²) in [7, 11) is 0. The Hall–Kier alpha value is -4.00. The van der Waals surface area contributed by atoms with E-state index in [1.807, 2.05) is 65.5 Å². The SMILES string of the molecule is CCc1nn(Cc2ccccn2)c2cccc(NC(=O)c3cnc4ccccn34)c12. The molecule has 0 unspecified atom stereocenters. The molecule has 7 heteroatoms. The van der Waals surface area contributed by atoms with Gasteiger partial charge in [-0.1, -0.05) is 25.1 Å². The summed E-state index contributed by atoms with van der Waals surface area (Å²) in [5, 5.41) is 8.81. The zero-order valence-electron chi connectivity index (χ0n) is 16.5. The molecule has 0 bridgehead atoms. The molecule has 0 fully saturated rings. The fraction of sp³-hybridized carbons (Fsp3) is 0.130. The number of anilines is 1. The number of hydrogen-bond donors (Lipinski definition) is 1. The Labute approximate surface area is 173 Å². The maximum atomic E-state index is 13.0. The number of pyridine rings is 2. The lowest BCUT2D eigenvalue weighted by atomic mass is 10.1. The van der Waals surface area contributed by atoms with Crippen LogP contribution in [0.3, 0.4) is 0 Å². The number of fused-ring (bicyclic) bond motifs is 2. The van der Waals surface area contributed by atoms with Crippen LogP contribution in [0.5, 0.6) is 0 Å². The van der Waals surface area contributed by atoms with E-state index in [2.05, 4.69) is 22.2 Å². The van der Waals surface area contributed by atoms with Gasteiger partial charge in [0.1, 0.15) is 11.3 Å². The average Bonchev–Trinajstić information content (AvgIpc) is 3.37. The molecule has 0 radical (unpaired) electrons. The van der Waals surface area contributed by atoms with E-state index < -0.39 is 0 Å². The zero-order valence-corrected chi connectivity index (χ0v) is 16.5. The van der Waals surface area contributed by atoms with Gasteiger partial charge in [0.25, 0.3) is 5.91 Å². The van der Waals surface area contributed by atoms with Crippen molar-refractivity contribution in [1.82, 2.24) is 24.1 Å². The summed E-state index contributed by atoms with van der Waals surface area (Å²) in [6.07, 6.45) is 5.97. The molecule has 1 amide bonds. The second kappa shape index (κ2) is 7.44. The quantitative estimate of drug-likeness (QED) is 0.488. The van der Waals surface area contributed by atoms with Gasteiger partial charge in [-0.15, -0.1) is 0 Å². The molecule has 30 heavy (non-hydrogen) atoms.